The highest BCUT2D eigenvalue weighted by Gasteiger charge is 1.96. The largest absolute Gasteiger partial charge is 0.328 e. The summed E-state index contributed by atoms with van der Waals surface area (Å²) in [5.74, 6) is 0. The van der Waals surface area contributed by atoms with Gasteiger partial charge in [0, 0.05) is 36.8 Å². The summed E-state index contributed by atoms with van der Waals surface area (Å²) < 4.78 is 1.48. The lowest BCUT2D eigenvalue weighted by atomic mass is 10.4. The zero-order valence-electron chi connectivity index (χ0n) is 9.18. The molecule has 0 spiro atoms. The van der Waals surface area contributed by atoms with E-state index >= 15 is 0 Å². The minimum Gasteiger partial charge on any atom is -0.310 e. The molecule has 0 saturated carbocycles. The maximum atomic E-state index is 11.3. The fourth-order valence-corrected chi connectivity index (χ4v) is 2.12. The van der Waals surface area contributed by atoms with E-state index in [4.69, 9.17) is 0 Å². The van der Waals surface area contributed by atoms with E-state index in [1.807, 2.05) is 11.4 Å². The van der Waals surface area contributed by atoms with Crippen LogP contribution in [-0.4, -0.2) is 16.1 Å². The van der Waals surface area contributed by atoms with Crippen LogP contribution in [0.25, 0.3) is 0 Å². The van der Waals surface area contributed by atoms with Crippen molar-refractivity contribution < 1.29 is 0 Å². The Labute approximate surface area is 102 Å². The van der Waals surface area contributed by atoms with Crippen molar-refractivity contribution in [1.29, 1.82) is 0 Å². The monoisotopic (exact) mass is 251 g/mol. The number of rotatable bonds is 5. The molecule has 0 saturated heterocycles. The van der Waals surface area contributed by atoms with Gasteiger partial charge in [0.15, 0.2) is 0 Å². The van der Waals surface area contributed by atoms with Crippen molar-refractivity contribution in [1.82, 2.24) is 14.9 Å². The third kappa shape index (κ3) is 3.40. The summed E-state index contributed by atoms with van der Waals surface area (Å²) in [6.07, 6.45) is 1.51. The third-order valence-electron chi connectivity index (χ3n) is 2.31. The van der Waals surface area contributed by atoms with Gasteiger partial charge in [0.1, 0.15) is 0 Å². The summed E-state index contributed by atoms with van der Waals surface area (Å²) in [7, 11) is 0. The van der Waals surface area contributed by atoms with Gasteiger partial charge in [-0.15, -0.1) is 11.3 Å². The van der Waals surface area contributed by atoms with E-state index in [0.717, 1.165) is 6.54 Å². The van der Waals surface area contributed by atoms with Crippen molar-refractivity contribution in [3.63, 3.8) is 0 Å². The molecule has 90 valence electrons. The van der Waals surface area contributed by atoms with E-state index in [1.165, 1.54) is 21.7 Å². The summed E-state index contributed by atoms with van der Waals surface area (Å²) in [5, 5.41) is 5.27. The minimum atomic E-state index is -0.365. The second-order valence-electron chi connectivity index (χ2n) is 3.56. The lowest BCUT2D eigenvalue weighted by molar-refractivity contribution is 0.576. The number of hydrogen-bond acceptors (Lipinski definition) is 4. The Morgan fingerprint density at radius 1 is 1.35 bits per heavy atom. The molecule has 0 radical (unpaired) electrons. The predicted molar refractivity (Wildman–Crippen MR) is 67.3 cm³/mol. The van der Waals surface area contributed by atoms with Crippen LogP contribution < -0.4 is 16.6 Å². The summed E-state index contributed by atoms with van der Waals surface area (Å²) in [5.41, 5.74) is -0.729. The molecule has 0 atom stereocenters. The van der Waals surface area contributed by atoms with Gasteiger partial charge in [-0.05, 0) is 11.4 Å². The van der Waals surface area contributed by atoms with Gasteiger partial charge in [-0.1, -0.05) is 6.07 Å². The Balaban J connectivity index is 1.82. The zero-order valence-corrected chi connectivity index (χ0v) is 10.00. The first kappa shape index (κ1) is 11.8. The van der Waals surface area contributed by atoms with E-state index in [-0.39, 0.29) is 11.2 Å². The summed E-state index contributed by atoms with van der Waals surface area (Å²) in [6.45, 7) is 2.03. The molecule has 0 aromatic carbocycles. The number of H-pyrrole nitrogens is 1. The van der Waals surface area contributed by atoms with Crippen LogP contribution in [0.5, 0.6) is 0 Å². The second-order valence-corrected chi connectivity index (χ2v) is 4.59. The average molecular weight is 251 g/mol. The van der Waals surface area contributed by atoms with Gasteiger partial charge in [-0.2, -0.15) is 0 Å². The quantitative estimate of drug-likeness (QED) is 0.755. The van der Waals surface area contributed by atoms with Crippen LogP contribution in [-0.2, 0) is 13.1 Å². The number of hydrogen-bond donors (Lipinski definition) is 2. The zero-order chi connectivity index (χ0) is 12.1. The Kier molecular flexibility index (Phi) is 3.89. The summed E-state index contributed by atoms with van der Waals surface area (Å²) in [4.78, 5) is 25.7. The molecule has 0 amide bonds. The van der Waals surface area contributed by atoms with Gasteiger partial charge in [-0.3, -0.25) is 14.3 Å². The highest BCUT2D eigenvalue weighted by molar-refractivity contribution is 7.09. The van der Waals surface area contributed by atoms with Crippen LogP contribution in [0.3, 0.4) is 0 Å². The molecule has 0 aliphatic carbocycles. The van der Waals surface area contributed by atoms with E-state index in [0.29, 0.717) is 13.1 Å². The van der Waals surface area contributed by atoms with Gasteiger partial charge in [0.25, 0.3) is 5.56 Å². The van der Waals surface area contributed by atoms with Crippen LogP contribution in [0.1, 0.15) is 4.88 Å². The Morgan fingerprint density at radius 3 is 2.94 bits per heavy atom. The molecule has 0 bridgehead atoms. The van der Waals surface area contributed by atoms with Gasteiger partial charge in [-0.25, -0.2) is 4.79 Å². The van der Waals surface area contributed by atoms with Gasteiger partial charge in [0.05, 0.1) is 0 Å². The molecule has 0 fully saturated rings. The van der Waals surface area contributed by atoms with E-state index in [1.54, 1.807) is 11.3 Å². The Bertz CT molecular complexity index is 571. The fraction of sp³-hybridized carbons (Fsp3) is 0.273. The lowest BCUT2D eigenvalue weighted by Crippen LogP contribution is -2.31. The molecule has 6 heteroatoms. The molecule has 0 unspecified atom stereocenters. The number of aromatic nitrogens is 2. The number of thiophene rings is 1. The molecule has 2 aromatic rings. The van der Waals surface area contributed by atoms with Crippen LogP contribution in [0.15, 0.2) is 39.4 Å². The predicted octanol–water partition coefficient (Wildman–Crippen LogP) is 0.388. The normalized spacial score (nSPS) is 10.6. The van der Waals surface area contributed by atoms with Crippen molar-refractivity contribution in [2.24, 2.45) is 0 Å². The highest BCUT2D eigenvalue weighted by atomic mass is 32.1. The van der Waals surface area contributed by atoms with Gasteiger partial charge in [0.2, 0.25) is 0 Å². The van der Waals surface area contributed by atoms with Crippen molar-refractivity contribution >= 4 is 11.3 Å². The Morgan fingerprint density at radius 2 is 2.24 bits per heavy atom. The molecule has 2 heterocycles. The van der Waals surface area contributed by atoms with E-state index < -0.39 is 0 Å². The average Bonchev–Trinajstić information content (AvgIpc) is 2.79. The molecule has 2 rings (SSSR count). The molecular weight excluding hydrogens is 238 g/mol. The van der Waals surface area contributed by atoms with Crippen LogP contribution in [0, 0.1) is 0 Å². The van der Waals surface area contributed by atoms with Crippen LogP contribution >= 0.6 is 11.3 Å². The van der Waals surface area contributed by atoms with Crippen LogP contribution in [0.4, 0.5) is 0 Å². The van der Waals surface area contributed by atoms with E-state index in [9.17, 15) is 9.59 Å². The molecule has 17 heavy (non-hydrogen) atoms. The third-order valence-corrected chi connectivity index (χ3v) is 3.18. The molecule has 2 aromatic heterocycles. The Hall–Kier alpha value is -1.66. The maximum absolute atomic E-state index is 11.3. The SMILES string of the molecule is O=c1ccn(CCNCc2cccs2)c(=O)[nH]1. The van der Waals surface area contributed by atoms with Crippen LogP contribution in [0.2, 0.25) is 0 Å². The van der Waals surface area contributed by atoms with Crippen molar-refractivity contribution in [3.05, 3.63) is 55.5 Å². The first-order valence-corrected chi connectivity index (χ1v) is 6.16. The number of nitrogens with zero attached hydrogens (tertiary/aromatic N) is 1. The first-order valence-electron chi connectivity index (χ1n) is 5.28. The number of nitrogens with one attached hydrogen (secondary N) is 2. The van der Waals surface area contributed by atoms with Crippen molar-refractivity contribution in [3.8, 4) is 0 Å². The number of aromatic amines is 1. The molecule has 2 N–H and O–H groups in total. The smallest absolute Gasteiger partial charge is 0.310 e. The molecular formula is C11H13N3O2S. The van der Waals surface area contributed by atoms with Crippen molar-refractivity contribution in [2.45, 2.75) is 13.1 Å². The highest BCUT2D eigenvalue weighted by Crippen LogP contribution is 2.06. The minimum absolute atomic E-state index is 0.363. The van der Waals surface area contributed by atoms with Crippen molar-refractivity contribution in [2.75, 3.05) is 6.54 Å². The van der Waals surface area contributed by atoms with Gasteiger partial charge < -0.3 is 5.32 Å². The topological polar surface area (TPSA) is 66.9 Å². The maximum Gasteiger partial charge on any atom is 0.328 e. The second kappa shape index (κ2) is 5.60. The standard InChI is InChI=1S/C11H13N3O2S/c15-10-3-5-14(11(16)13-10)6-4-12-8-9-2-1-7-17-9/h1-3,5,7,12H,4,6,8H2,(H,13,15,16). The first-order chi connectivity index (χ1) is 8.25. The lowest BCUT2D eigenvalue weighted by Gasteiger charge is -2.05. The summed E-state index contributed by atoms with van der Waals surface area (Å²) in [6, 6.07) is 5.42. The van der Waals surface area contributed by atoms with Gasteiger partial charge >= 0.3 is 5.69 Å². The summed E-state index contributed by atoms with van der Waals surface area (Å²) >= 11 is 1.70. The fourth-order valence-electron chi connectivity index (χ4n) is 1.44. The molecule has 0 aliphatic rings. The molecule has 0 aliphatic heterocycles. The molecule has 5 nitrogen and oxygen atoms in total. The van der Waals surface area contributed by atoms with E-state index in [2.05, 4.69) is 16.4 Å².